The van der Waals surface area contributed by atoms with Crippen molar-refractivity contribution in [3.05, 3.63) is 47.3 Å². The Kier molecular flexibility index (Phi) is 4.07. The van der Waals surface area contributed by atoms with Crippen LogP contribution in [-0.2, 0) is 26.7 Å². The summed E-state index contributed by atoms with van der Waals surface area (Å²) in [5, 5.41) is 8.01. The quantitative estimate of drug-likeness (QED) is 0.850. The summed E-state index contributed by atoms with van der Waals surface area (Å²) in [6.07, 6.45) is 1.94. The number of aryl methyl sites for hydroxylation is 1. The molecule has 2 N–H and O–H groups in total. The summed E-state index contributed by atoms with van der Waals surface area (Å²) in [6.45, 7) is 2.28. The van der Waals surface area contributed by atoms with Crippen LogP contribution in [0, 0.1) is 0 Å². The van der Waals surface area contributed by atoms with Gasteiger partial charge in [0.2, 0.25) is 0 Å². The molecule has 0 aliphatic heterocycles. The van der Waals surface area contributed by atoms with E-state index in [9.17, 15) is 0 Å². The third kappa shape index (κ3) is 3.38. The van der Waals surface area contributed by atoms with Gasteiger partial charge >= 0.3 is 0 Å². The van der Waals surface area contributed by atoms with Crippen LogP contribution in [0.4, 0.5) is 0 Å². The van der Waals surface area contributed by atoms with Gasteiger partial charge in [0.1, 0.15) is 0 Å². The Morgan fingerprint density at radius 1 is 1.17 bits per heavy atom. The van der Waals surface area contributed by atoms with Gasteiger partial charge in [0, 0.05) is 32.9 Å². The lowest BCUT2D eigenvalue weighted by Crippen LogP contribution is -2.17. The minimum Gasteiger partial charge on any atom is -0.326 e. The molecule has 1 aromatic carbocycles. The lowest BCUT2D eigenvalue weighted by Gasteiger charge is -2.15. The molecular formula is C13H19N5. The molecule has 2 rings (SSSR count). The van der Waals surface area contributed by atoms with E-state index in [1.807, 2.05) is 13.2 Å². The molecule has 0 bridgehead atoms. The number of nitrogens with two attached hydrogens (primary N) is 1. The fourth-order valence-corrected chi connectivity index (χ4v) is 1.89. The second-order valence-electron chi connectivity index (χ2n) is 4.58. The van der Waals surface area contributed by atoms with Crippen molar-refractivity contribution in [1.82, 2.24) is 19.9 Å². The molecule has 0 spiro atoms. The van der Waals surface area contributed by atoms with E-state index < -0.39 is 0 Å². The summed E-state index contributed by atoms with van der Waals surface area (Å²) < 4.78 is 1.72. The van der Waals surface area contributed by atoms with Crippen LogP contribution < -0.4 is 5.73 Å². The highest BCUT2D eigenvalue weighted by Crippen LogP contribution is 2.08. The maximum atomic E-state index is 5.58. The average Bonchev–Trinajstić information content (AvgIpc) is 2.75. The zero-order valence-corrected chi connectivity index (χ0v) is 10.9. The predicted octanol–water partition coefficient (Wildman–Crippen LogP) is 0.906. The topological polar surface area (TPSA) is 60.0 Å². The second kappa shape index (κ2) is 5.75. The van der Waals surface area contributed by atoms with E-state index in [2.05, 4.69) is 46.5 Å². The van der Waals surface area contributed by atoms with Crippen molar-refractivity contribution in [3.63, 3.8) is 0 Å². The van der Waals surface area contributed by atoms with Gasteiger partial charge in [-0.3, -0.25) is 9.58 Å². The van der Waals surface area contributed by atoms with E-state index in [-0.39, 0.29) is 0 Å². The number of benzene rings is 1. The first-order chi connectivity index (χ1) is 8.67. The third-order valence-corrected chi connectivity index (χ3v) is 2.79. The molecule has 2 aromatic rings. The summed E-state index contributed by atoms with van der Waals surface area (Å²) in [7, 11) is 3.95. The molecule has 96 valence electrons. The number of hydrogen-bond donors (Lipinski definition) is 1. The standard InChI is InChI=1S/C13H19N5/c1-17(9-13-10-18(2)16-15-13)8-12-5-3-11(7-14)4-6-12/h3-6,10H,7-9,14H2,1-2H3. The van der Waals surface area contributed by atoms with Crippen LogP contribution >= 0.6 is 0 Å². The van der Waals surface area contributed by atoms with Crippen molar-refractivity contribution in [3.8, 4) is 0 Å². The van der Waals surface area contributed by atoms with Crippen LogP contribution in [0.1, 0.15) is 16.8 Å². The first kappa shape index (κ1) is 12.7. The SMILES string of the molecule is CN(Cc1ccc(CN)cc1)Cc1cn(C)nn1. The lowest BCUT2D eigenvalue weighted by molar-refractivity contribution is 0.315. The van der Waals surface area contributed by atoms with Gasteiger partial charge in [-0.15, -0.1) is 5.10 Å². The van der Waals surface area contributed by atoms with Gasteiger partial charge in [0.25, 0.3) is 0 Å². The molecule has 0 fully saturated rings. The van der Waals surface area contributed by atoms with Gasteiger partial charge in [-0.25, -0.2) is 0 Å². The van der Waals surface area contributed by atoms with Crippen LogP contribution in [0.3, 0.4) is 0 Å². The Hall–Kier alpha value is -1.72. The Morgan fingerprint density at radius 3 is 2.39 bits per heavy atom. The van der Waals surface area contributed by atoms with Crippen molar-refractivity contribution in [2.45, 2.75) is 19.6 Å². The summed E-state index contributed by atoms with van der Waals surface area (Å²) in [4.78, 5) is 2.21. The van der Waals surface area contributed by atoms with E-state index >= 15 is 0 Å². The van der Waals surface area contributed by atoms with E-state index in [0.29, 0.717) is 6.54 Å². The molecule has 0 aliphatic rings. The summed E-state index contributed by atoms with van der Waals surface area (Å²) in [5.74, 6) is 0. The van der Waals surface area contributed by atoms with Crippen molar-refractivity contribution in [2.75, 3.05) is 7.05 Å². The first-order valence-electron chi connectivity index (χ1n) is 5.99. The van der Waals surface area contributed by atoms with Gasteiger partial charge in [-0.05, 0) is 18.2 Å². The number of hydrogen-bond acceptors (Lipinski definition) is 4. The maximum absolute atomic E-state index is 5.58. The molecule has 0 saturated carbocycles. The van der Waals surface area contributed by atoms with Crippen molar-refractivity contribution in [1.29, 1.82) is 0 Å². The molecule has 0 saturated heterocycles. The smallest absolute Gasteiger partial charge is 0.0967 e. The van der Waals surface area contributed by atoms with Crippen molar-refractivity contribution in [2.24, 2.45) is 12.8 Å². The van der Waals surface area contributed by atoms with E-state index in [1.165, 1.54) is 5.56 Å². The predicted molar refractivity (Wildman–Crippen MR) is 70.5 cm³/mol. The molecular weight excluding hydrogens is 226 g/mol. The summed E-state index contributed by atoms with van der Waals surface area (Å²) in [5.41, 5.74) is 9.00. The van der Waals surface area contributed by atoms with Crippen LogP contribution in [0.15, 0.2) is 30.5 Å². The van der Waals surface area contributed by atoms with Gasteiger partial charge in [-0.1, -0.05) is 29.5 Å². The zero-order valence-electron chi connectivity index (χ0n) is 10.9. The summed E-state index contributed by atoms with van der Waals surface area (Å²) in [6, 6.07) is 8.39. The highest BCUT2D eigenvalue weighted by atomic mass is 15.4. The van der Waals surface area contributed by atoms with Crippen LogP contribution in [-0.4, -0.2) is 26.9 Å². The van der Waals surface area contributed by atoms with Crippen LogP contribution in [0.5, 0.6) is 0 Å². The van der Waals surface area contributed by atoms with Gasteiger partial charge in [-0.2, -0.15) is 0 Å². The molecule has 1 heterocycles. The molecule has 0 amide bonds. The molecule has 0 aliphatic carbocycles. The Bertz CT molecular complexity index is 488. The molecule has 1 aromatic heterocycles. The molecule has 0 atom stereocenters. The molecule has 18 heavy (non-hydrogen) atoms. The first-order valence-corrected chi connectivity index (χ1v) is 5.99. The highest BCUT2D eigenvalue weighted by Gasteiger charge is 2.04. The minimum absolute atomic E-state index is 0.593. The number of nitrogens with zero attached hydrogens (tertiary/aromatic N) is 4. The maximum Gasteiger partial charge on any atom is 0.0967 e. The van der Waals surface area contributed by atoms with Crippen LogP contribution in [0.2, 0.25) is 0 Å². The summed E-state index contributed by atoms with van der Waals surface area (Å²) >= 11 is 0. The Balaban J connectivity index is 1.91. The van der Waals surface area contributed by atoms with Crippen molar-refractivity contribution < 1.29 is 0 Å². The normalized spacial score (nSPS) is 11.1. The molecule has 0 unspecified atom stereocenters. The zero-order chi connectivity index (χ0) is 13.0. The molecule has 5 heteroatoms. The second-order valence-corrected chi connectivity index (χ2v) is 4.58. The van der Waals surface area contributed by atoms with E-state index in [4.69, 9.17) is 5.73 Å². The Morgan fingerprint density at radius 2 is 1.83 bits per heavy atom. The van der Waals surface area contributed by atoms with Crippen molar-refractivity contribution >= 4 is 0 Å². The number of aromatic nitrogens is 3. The molecule has 5 nitrogen and oxygen atoms in total. The average molecular weight is 245 g/mol. The number of rotatable bonds is 5. The monoisotopic (exact) mass is 245 g/mol. The third-order valence-electron chi connectivity index (χ3n) is 2.79. The van der Waals surface area contributed by atoms with E-state index in [0.717, 1.165) is 24.3 Å². The lowest BCUT2D eigenvalue weighted by atomic mass is 10.1. The van der Waals surface area contributed by atoms with E-state index in [1.54, 1.807) is 4.68 Å². The van der Waals surface area contributed by atoms with Crippen LogP contribution in [0.25, 0.3) is 0 Å². The van der Waals surface area contributed by atoms with Gasteiger partial charge in [0.15, 0.2) is 0 Å². The Labute approximate surface area is 107 Å². The fraction of sp³-hybridized carbons (Fsp3) is 0.385. The van der Waals surface area contributed by atoms with Gasteiger partial charge < -0.3 is 5.73 Å². The molecule has 0 radical (unpaired) electrons. The highest BCUT2D eigenvalue weighted by molar-refractivity contribution is 5.22. The fourth-order valence-electron chi connectivity index (χ4n) is 1.89. The van der Waals surface area contributed by atoms with Gasteiger partial charge in [0.05, 0.1) is 5.69 Å². The largest absolute Gasteiger partial charge is 0.326 e. The minimum atomic E-state index is 0.593.